The molecule has 0 spiro atoms. The minimum Gasteiger partial charge on any atom is -0.493 e. The lowest BCUT2D eigenvalue weighted by molar-refractivity contribution is 0.456. The quantitative estimate of drug-likeness (QED) is 0.902. The van der Waals surface area contributed by atoms with Crippen molar-refractivity contribution in [1.82, 2.24) is 4.98 Å². The van der Waals surface area contributed by atoms with E-state index in [-0.39, 0.29) is 5.88 Å². The van der Waals surface area contributed by atoms with Crippen LogP contribution in [0.5, 0.6) is 5.88 Å². The van der Waals surface area contributed by atoms with E-state index in [0.717, 1.165) is 11.7 Å². The molecule has 0 fully saturated rings. The third-order valence-electron chi connectivity index (χ3n) is 2.54. The Hall–Kier alpha value is -1.55. The minimum absolute atomic E-state index is 0.101. The van der Waals surface area contributed by atoms with Crippen molar-refractivity contribution in [3.05, 3.63) is 41.3 Å². The molecule has 4 heteroatoms. The molecule has 17 heavy (non-hydrogen) atoms. The molecule has 0 aliphatic heterocycles. The van der Waals surface area contributed by atoms with E-state index in [1.54, 1.807) is 5.38 Å². The Balaban J connectivity index is 2.19. The molecule has 0 aliphatic rings. The summed E-state index contributed by atoms with van der Waals surface area (Å²) in [5, 5.41) is 11.8. The molecule has 1 heterocycles. The van der Waals surface area contributed by atoms with Crippen LogP contribution in [0.3, 0.4) is 0 Å². The molecular formula is C13H16N2OS. The second-order valence-corrected chi connectivity index (χ2v) is 5.03. The summed E-state index contributed by atoms with van der Waals surface area (Å²) >= 11 is 1.47. The molecule has 0 bridgehead atoms. The summed E-state index contributed by atoms with van der Waals surface area (Å²) in [6, 6.07) is 10.6. The summed E-state index contributed by atoms with van der Waals surface area (Å²) in [5.74, 6) is 0.101. The van der Waals surface area contributed by atoms with E-state index in [9.17, 15) is 5.11 Å². The van der Waals surface area contributed by atoms with Crippen LogP contribution in [0.15, 0.2) is 35.7 Å². The Labute approximate surface area is 105 Å². The number of aromatic nitrogens is 1. The van der Waals surface area contributed by atoms with Gasteiger partial charge < -0.3 is 10.0 Å². The van der Waals surface area contributed by atoms with Gasteiger partial charge in [0.1, 0.15) is 0 Å². The van der Waals surface area contributed by atoms with Gasteiger partial charge in [0.25, 0.3) is 0 Å². The Morgan fingerprint density at radius 3 is 2.53 bits per heavy atom. The van der Waals surface area contributed by atoms with Crippen LogP contribution in [-0.2, 0) is 6.54 Å². The van der Waals surface area contributed by atoms with E-state index in [1.165, 1.54) is 16.9 Å². The van der Waals surface area contributed by atoms with Crippen molar-refractivity contribution in [3.63, 3.8) is 0 Å². The number of aromatic hydroxyl groups is 1. The smallest absolute Gasteiger partial charge is 0.223 e. The second kappa shape index (κ2) is 5.19. The lowest BCUT2D eigenvalue weighted by atomic mass is 10.2. The Morgan fingerprint density at radius 2 is 2.00 bits per heavy atom. The van der Waals surface area contributed by atoms with Crippen molar-refractivity contribution in [3.8, 4) is 5.88 Å². The van der Waals surface area contributed by atoms with Gasteiger partial charge in [-0.05, 0) is 19.4 Å². The SMILES string of the molecule is CC(C)N(Cc1ccccc1)c1nc(O)cs1. The van der Waals surface area contributed by atoms with Crippen molar-refractivity contribution >= 4 is 16.5 Å². The molecule has 90 valence electrons. The normalized spacial score (nSPS) is 10.8. The summed E-state index contributed by atoms with van der Waals surface area (Å²) in [5.41, 5.74) is 1.25. The first-order valence-electron chi connectivity index (χ1n) is 5.62. The number of benzene rings is 1. The predicted octanol–water partition coefficient (Wildman–Crippen LogP) is 3.26. The van der Waals surface area contributed by atoms with E-state index in [1.807, 2.05) is 18.2 Å². The highest BCUT2D eigenvalue weighted by molar-refractivity contribution is 7.13. The van der Waals surface area contributed by atoms with E-state index >= 15 is 0 Å². The van der Waals surface area contributed by atoms with Crippen LogP contribution >= 0.6 is 11.3 Å². The third kappa shape index (κ3) is 2.97. The van der Waals surface area contributed by atoms with Crippen LogP contribution in [0.4, 0.5) is 5.13 Å². The zero-order chi connectivity index (χ0) is 12.3. The summed E-state index contributed by atoms with van der Waals surface area (Å²) < 4.78 is 0. The van der Waals surface area contributed by atoms with Gasteiger partial charge >= 0.3 is 0 Å². The predicted molar refractivity (Wildman–Crippen MR) is 71.5 cm³/mol. The van der Waals surface area contributed by atoms with Gasteiger partial charge in [-0.15, -0.1) is 11.3 Å². The maximum absolute atomic E-state index is 9.32. The zero-order valence-corrected chi connectivity index (χ0v) is 10.8. The second-order valence-electron chi connectivity index (χ2n) is 4.20. The Bertz CT molecular complexity index is 467. The molecule has 0 saturated carbocycles. The highest BCUT2D eigenvalue weighted by Gasteiger charge is 2.14. The molecule has 0 unspecified atom stereocenters. The van der Waals surface area contributed by atoms with Gasteiger partial charge in [0.15, 0.2) is 5.13 Å². The van der Waals surface area contributed by atoms with Crippen molar-refractivity contribution in [2.75, 3.05) is 4.90 Å². The van der Waals surface area contributed by atoms with E-state index in [2.05, 4.69) is 35.9 Å². The van der Waals surface area contributed by atoms with Gasteiger partial charge in [0, 0.05) is 12.6 Å². The van der Waals surface area contributed by atoms with Crippen molar-refractivity contribution < 1.29 is 5.11 Å². The Morgan fingerprint density at radius 1 is 1.29 bits per heavy atom. The standard InChI is InChI=1S/C13H16N2OS/c1-10(2)15(13-14-12(16)9-17-13)8-11-6-4-3-5-7-11/h3-7,9-10,16H,8H2,1-2H3. The van der Waals surface area contributed by atoms with Crippen LogP contribution in [-0.4, -0.2) is 16.1 Å². The topological polar surface area (TPSA) is 36.4 Å². The summed E-state index contributed by atoms with van der Waals surface area (Å²) in [6.45, 7) is 5.06. The maximum atomic E-state index is 9.32. The number of anilines is 1. The fourth-order valence-electron chi connectivity index (χ4n) is 1.64. The van der Waals surface area contributed by atoms with Crippen LogP contribution in [0.25, 0.3) is 0 Å². The fourth-order valence-corrected chi connectivity index (χ4v) is 2.46. The van der Waals surface area contributed by atoms with Crippen LogP contribution in [0.2, 0.25) is 0 Å². The van der Waals surface area contributed by atoms with Gasteiger partial charge in [-0.25, -0.2) is 0 Å². The molecule has 0 saturated heterocycles. The first-order valence-corrected chi connectivity index (χ1v) is 6.50. The van der Waals surface area contributed by atoms with Gasteiger partial charge in [-0.1, -0.05) is 30.3 Å². The lowest BCUT2D eigenvalue weighted by Crippen LogP contribution is -2.29. The number of nitrogens with zero attached hydrogens (tertiary/aromatic N) is 2. The van der Waals surface area contributed by atoms with Crippen LogP contribution < -0.4 is 4.90 Å². The molecule has 1 aromatic carbocycles. The highest BCUT2D eigenvalue weighted by Crippen LogP contribution is 2.26. The van der Waals surface area contributed by atoms with E-state index in [4.69, 9.17) is 0 Å². The van der Waals surface area contributed by atoms with Gasteiger partial charge in [0.05, 0.1) is 5.38 Å². The van der Waals surface area contributed by atoms with Gasteiger partial charge in [-0.2, -0.15) is 4.98 Å². The Kier molecular flexibility index (Phi) is 3.64. The molecule has 0 amide bonds. The minimum atomic E-state index is 0.101. The fraction of sp³-hybridized carbons (Fsp3) is 0.308. The van der Waals surface area contributed by atoms with Gasteiger partial charge in [0.2, 0.25) is 5.88 Å². The van der Waals surface area contributed by atoms with E-state index in [0.29, 0.717) is 6.04 Å². The number of rotatable bonds is 4. The summed E-state index contributed by atoms with van der Waals surface area (Å²) in [4.78, 5) is 6.31. The first-order chi connectivity index (χ1) is 8.16. The largest absolute Gasteiger partial charge is 0.493 e. The average molecular weight is 248 g/mol. The molecular weight excluding hydrogens is 232 g/mol. The van der Waals surface area contributed by atoms with Crippen molar-refractivity contribution in [1.29, 1.82) is 0 Å². The molecule has 1 N–H and O–H groups in total. The monoisotopic (exact) mass is 248 g/mol. The summed E-state index contributed by atoms with van der Waals surface area (Å²) in [6.07, 6.45) is 0. The van der Waals surface area contributed by atoms with Crippen molar-refractivity contribution in [2.45, 2.75) is 26.4 Å². The van der Waals surface area contributed by atoms with Gasteiger partial charge in [-0.3, -0.25) is 0 Å². The molecule has 0 radical (unpaired) electrons. The molecule has 2 rings (SSSR count). The number of hydrogen-bond donors (Lipinski definition) is 1. The molecule has 2 aromatic rings. The number of thiazole rings is 1. The van der Waals surface area contributed by atoms with Crippen LogP contribution in [0.1, 0.15) is 19.4 Å². The zero-order valence-electron chi connectivity index (χ0n) is 10.00. The highest BCUT2D eigenvalue weighted by atomic mass is 32.1. The maximum Gasteiger partial charge on any atom is 0.223 e. The summed E-state index contributed by atoms with van der Waals surface area (Å²) in [7, 11) is 0. The first kappa shape index (κ1) is 11.9. The lowest BCUT2D eigenvalue weighted by Gasteiger charge is -2.26. The van der Waals surface area contributed by atoms with Crippen LogP contribution in [0, 0.1) is 0 Å². The molecule has 0 atom stereocenters. The average Bonchev–Trinajstić information content (AvgIpc) is 2.73. The number of hydrogen-bond acceptors (Lipinski definition) is 4. The molecule has 1 aromatic heterocycles. The molecule has 0 aliphatic carbocycles. The molecule has 3 nitrogen and oxygen atoms in total. The van der Waals surface area contributed by atoms with Crippen molar-refractivity contribution in [2.24, 2.45) is 0 Å². The van der Waals surface area contributed by atoms with E-state index < -0.39 is 0 Å². The third-order valence-corrected chi connectivity index (χ3v) is 3.41.